The van der Waals surface area contributed by atoms with Crippen LogP contribution in [0.2, 0.25) is 0 Å². The molecule has 0 fully saturated rings. The molecule has 0 saturated carbocycles. The van der Waals surface area contributed by atoms with Crippen LogP contribution in [0.25, 0.3) is 11.5 Å². The third kappa shape index (κ3) is 3.43. The fourth-order valence-corrected chi connectivity index (χ4v) is 3.94. The van der Waals surface area contributed by atoms with E-state index in [1.807, 2.05) is 18.2 Å². The zero-order valence-corrected chi connectivity index (χ0v) is 15.4. The molecule has 1 N–H and O–H groups in total. The molecule has 3 aromatic rings. The van der Waals surface area contributed by atoms with E-state index >= 15 is 0 Å². The van der Waals surface area contributed by atoms with Crippen LogP contribution in [-0.2, 0) is 19.5 Å². The lowest BCUT2D eigenvalue weighted by atomic mass is 10.1. The molecule has 0 radical (unpaired) electrons. The summed E-state index contributed by atoms with van der Waals surface area (Å²) in [5, 5.41) is 0. The van der Waals surface area contributed by atoms with E-state index in [1.165, 1.54) is 10.5 Å². The van der Waals surface area contributed by atoms with E-state index in [1.54, 1.807) is 18.0 Å². The van der Waals surface area contributed by atoms with Gasteiger partial charge in [0.05, 0.1) is 5.69 Å². The summed E-state index contributed by atoms with van der Waals surface area (Å²) in [5.41, 5.74) is 3.64. The number of rotatable bonds is 4. The largest absolute Gasteiger partial charge is 0.305 e. The second kappa shape index (κ2) is 7.43. The number of aromatic nitrogens is 3. The van der Waals surface area contributed by atoms with Gasteiger partial charge in [-0.1, -0.05) is 24.3 Å². The molecule has 132 valence electrons. The molecule has 26 heavy (non-hydrogen) atoms. The van der Waals surface area contributed by atoms with E-state index in [4.69, 9.17) is 4.98 Å². The Morgan fingerprint density at radius 3 is 2.85 bits per heavy atom. The SMILES string of the molecule is CSc1ccccc1CN1CCc2c(nc(-c3ccccn3)[nH]c2=O)C1. The predicted octanol–water partition coefficient (Wildman–Crippen LogP) is 3.11. The van der Waals surface area contributed by atoms with E-state index < -0.39 is 0 Å². The van der Waals surface area contributed by atoms with Crippen molar-refractivity contribution in [3.8, 4) is 11.5 Å². The fraction of sp³-hybridized carbons (Fsp3) is 0.250. The Labute approximate surface area is 156 Å². The van der Waals surface area contributed by atoms with Crippen LogP contribution in [0.4, 0.5) is 0 Å². The highest BCUT2D eigenvalue weighted by Crippen LogP contribution is 2.24. The normalized spacial score (nSPS) is 14.2. The molecule has 0 saturated heterocycles. The van der Waals surface area contributed by atoms with Crippen LogP contribution in [0, 0.1) is 0 Å². The van der Waals surface area contributed by atoms with Crippen molar-refractivity contribution in [1.29, 1.82) is 0 Å². The summed E-state index contributed by atoms with van der Waals surface area (Å²) < 4.78 is 0. The van der Waals surface area contributed by atoms with Crippen molar-refractivity contribution in [3.05, 3.63) is 75.8 Å². The molecule has 1 aliphatic rings. The van der Waals surface area contributed by atoms with Crippen LogP contribution >= 0.6 is 11.8 Å². The summed E-state index contributed by atoms with van der Waals surface area (Å²) in [6.45, 7) is 2.41. The summed E-state index contributed by atoms with van der Waals surface area (Å²) >= 11 is 1.77. The van der Waals surface area contributed by atoms with Crippen LogP contribution in [0.15, 0.2) is 58.4 Å². The van der Waals surface area contributed by atoms with E-state index in [2.05, 4.69) is 45.4 Å². The molecular formula is C20H20N4OS. The van der Waals surface area contributed by atoms with Gasteiger partial charge in [0.2, 0.25) is 0 Å². The van der Waals surface area contributed by atoms with Gasteiger partial charge < -0.3 is 4.98 Å². The number of nitrogens with zero attached hydrogens (tertiary/aromatic N) is 3. The molecule has 1 aromatic carbocycles. The van der Waals surface area contributed by atoms with E-state index in [0.29, 0.717) is 18.1 Å². The maximum atomic E-state index is 12.5. The van der Waals surface area contributed by atoms with Gasteiger partial charge in [0, 0.05) is 36.3 Å². The van der Waals surface area contributed by atoms with Gasteiger partial charge in [0.25, 0.3) is 5.56 Å². The van der Waals surface area contributed by atoms with Gasteiger partial charge in [-0.25, -0.2) is 4.98 Å². The highest BCUT2D eigenvalue weighted by molar-refractivity contribution is 7.98. The third-order valence-corrected chi connectivity index (χ3v) is 5.48. The molecule has 4 rings (SSSR count). The Hall–Kier alpha value is -2.44. The van der Waals surface area contributed by atoms with Gasteiger partial charge in [-0.15, -0.1) is 11.8 Å². The number of thioether (sulfide) groups is 1. The second-order valence-electron chi connectivity index (χ2n) is 6.33. The average Bonchev–Trinajstić information content (AvgIpc) is 2.69. The number of benzene rings is 1. The lowest BCUT2D eigenvalue weighted by molar-refractivity contribution is 0.239. The molecule has 0 atom stereocenters. The number of aromatic amines is 1. The van der Waals surface area contributed by atoms with E-state index in [-0.39, 0.29) is 5.56 Å². The highest BCUT2D eigenvalue weighted by Gasteiger charge is 2.22. The van der Waals surface area contributed by atoms with Crippen LogP contribution in [0.3, 0.4) is 0 Å². The fourth-order valence-electron chi connectivity index (χ4n) is 3.33. The molecule has 0 aliphatic carbocycles. The van der Waals surface area contributed by atoms with Gasteiger partial charge in [0.15, 0.2) is 5.82 Å². The first kappa shape index (κ1) is 17.0. The maximum Gasteiger partial charge on any atom is 0.254 e. The second-order valence-corrected chi connectivity index (χ2v) is 7.18. The van der Waals surface area contributed by atoms with Gasteiger partial charge >= 0.3 is 0 Å². The van der Waals surface area contributed by atoms with E-state index in [0.717, 1.165) is 30.8 Å². The summed E-state index contributed by atoms with van der Waals surface area (Å²) in [6.07, 6.45) is 4.53. The zero-order chi connectivity index (χ0) is 17.9. The highest BCUT2D eigenvalue weighted by atomic mass is 32.2. The quantitative estimate of drug-likeness (QED) is 0.721. The molecule has 0 bridgehead atoms. The number of fused-ring (bicyclic) bond motifs is 1. The van der Waals surface area contributed by atoms with Crippen molar-refractivity contribution in [2.24, 2.45) is 0 Å². The Balaban J connectivity index is 1.62. The van der Waals surface area contributed by atoms with Crippen LogP contribution in [0.1, 0.15) is 16.8 Å². The Bertz CT molecular complexity index is 971. The number of hydrogen-bond donors (Lipinski definition) is 1. The Morgan fingerprint density at radius 1 is 1.19 bits per heavy atom. The summed E-state index contributed by atoms with van der Waals surface area (Å²) in [4.78, 5) is 28.0. The zero-order valence-electron chi connectivity index (χ0n) is 14.6. The topological polar surface area (TPSA) is 61.9 Å². The maximum absolute atomic E-state index is 12.5. The van der Waals surface area contributed by atoms with Crippen molar-refractivity contribution in [3.63, 3.8) is 0 Å². The predicted molar refractivity (Wildman–Crippen MR) is 104 cm³/mol. The molecule has 0 unspecified atom stereocenters. The Kier molecular flexibility index (Phi) is 4.86. The first-order valence-corrected chi connectivity index (χ1v) is 9.85. The molecule has 0 spiro atoms. The smallest absolute Gasteiger partial charge is 0.254 e. The van der Waals surface area contributed by atoms with Gasteiger partial charge in [-0.05, 0) is 36.4 Å². The van der Waals surface area contributed by atoms with Crippen LogP contribution in [-0.4, -0.2) is 32.7 Å². The van der Waals surface area contributed by atoms with Gasteiger partial charge in [-0.2, -0.15) is 0 Å². The summed E-state index contributed by atoms with van der Waals surface area (Å²) in [6, 6.07) is 14.1. The van der Waals surface area contributed by atoms with Crippen LogP contribution < -0.4 is 5.56 Å². The van der Waals surface area contributed by atoms with Crippen molar-refractivity contribution in [2.75, 3.05) is 12.8 Å². The number of pyridine rings is 1. The van der Waals surface area contributed by atoms with Crippen molar-refractivity contribution in [1.82, 2.24) is 19.9 Å². The van der Waals surface area contributed by atoms with Crippen LogP contribution in [0.5, 0.6) is 0 Å². The van der Waals surface area contributed by atoms with Gasteiger partial charge in [0.1, 0.15) is 5.69 Å². The molecule has 2 aromatic heterocycles. The number of nitrogens with one attached hydrogen (secondary N) is 1. The van der Waals surface area contributed by atoms with Crippen molar-refractivity contribution >= 4 is 11.8 Å². The van der Waals surface area contributed by atoms with Gasteiger partial charge in [-0.3, -0.25) is 14.7 Å². The lowest BCUT2D eigenvalue weighted by Crippen LogP contribution is -2.35. The average molecular weight is 364 g/mol. The third-order valence-electron chi connectivity index (χ3n) is 4.65. The number of hydrogen-bond acceptors (Lipinski definition) is 5. The minimum absolute atomic E-state index is 0.0418. The molecule has 0 amide bonds. The first-order valence-electron chi connectivity index (χ1n) is 8.62. The minimum atomic E-state index is -0.0418. The molecule has 3 heterocycles. The summed E-state index contributed by atoms with van der Waals surface area (Å²) in [7, 11) is 0. The summed E-state index contributed by atoms with van der Waals surface area (Å²) in [5.74, 6) is 0.542. The molecular weight excluding hydrogens is 344 g/mol. The Morgan fingerprint density at radius 2 is 2.04 bits per heavy atom. The minimum Gasteiger partial charge on any atom is -0.305 e. The van der Waals surface area contributed by atoms with E-state index in [9.17, 15) is 4.79 Å². The standard InChI is InChI=1S/C20H20N4OS/c1-26-18-8-3-2-6-14(18)12-24-11-9-15-17(13-24)22-19(23-20(15)25)16-7-4-5-10-21-16/h2-8,10H,9,11-13H2,1H3,(H,22,23,25). The number of H-pyrrole nitrogens is 1. The van der Waals surface area contributed by atoms with Crippen molar-refractivity contribution in [2.45, 2.75) is 24.4 Å². The lowest BCUT2D eigenvalue weighted by Gasteiger charge is -2.28. The molecule has 5 nitrogen and oxygen atoms in total. The molecule has 1 aliphatic heterocycles. The van der Waals surface area contributed by atoms with Crippen molar-refractivity contribution < 1.29 is 0 Å². The monoisotopic (exact) mass is 364 g/mol. The first-order chi connectivity index (χ1) is 12.7. The molecule has 6 heteroatoms.